The minimum absolute atomic E-state index is 0.0539. The van der Waals surface area contributed by atoms with Crippen LogP contribution in [0.5, 0.6) is 5.75 Å². The molecule has 0 bridgehead atoms. The van der Waals surface area contributed by atoms with Crippen LogP contribution in [-0.4, -0.2) is 17.6 Å². The summed E-state index contributed by atoms with van der Waals surface area (Å²) in [6.45, 7) is 5.41. The maximum atomic E-state index is 12.8. The lowest BCUT2D eigenvalue weighted by Crippen LogP contribution is -2.23. The highest BCUT2D eigenvalue weighted by molar-refractivity contribution is 6.08. The maximum absolute atomic E-state index is 12.8. The van der Waals surface area contributed by atoms with Gasteiger partial charge >= 0.3 is 0 Å². The third-order valence-corrected chi connectivity index (χ3v) is 4.37. The Bertz CT molecular complexity index is 866. The van der Waals surface area contributed by atoms with E-state index in [1.54, 1.807) is 7.11 Å². The summed E-state index contributed by atoms with van der Waals surface area (Å²) in [6, 6.07) is 15.8. The number of rotatable bonds is 5. The monoisotopic (exact) mass is 322 g/mol. The molecule has 0 saturated carbocycles. The van der Waals surface area contributed by atoms with Gasteiger partial charge in [0.2, 0.25) is 0 Å². The topological polar surface area (TPSA) is 43.3 Å². The average molecular weight is 322 g/mol. The third kappa shape index (κ3) is 2.87. The summed E-state index contributed by atoms with van der Waals surface area (Å²) < 4.78 is 7.49. The number of fused-ring (bicyclic) bond motifs is 1. The molecule has 0 radical (unpaired) electrons. The lowest BCUT2D eigenvalue weighted by atomic mass is 10.1. The standard InChI is InChI=1S/C20H22N2O2/c1-4-22-14(2)19(17-12-16(24-3)10-11-18(17)22)20(23)21-13-15-8-6-5-7-9-15/h5-12H,4,13H2,1-3H3,(H,21,23). The molecule has 0 spiro atoms. The SMILES string of the molecule is CCn1c(C)c(C(=O)NCc2ccccc2)c2cc(OC)ccc21. The van der Waals surface area contributed by atoms with Crippen LogP contribution < -0.4 is 10.1 Å². The molecule has 0 atom stereocenters. The van der Waals surface area contributed by atoms with Gasteiger partial charge in [-0.25, -0.2) is 0 Å². The molecule has 0 unspecified atom stereocenters. The number of hydrogen-bond acceptors (Lipinski definition) is 2. The number of aryl methyl sites for hydroxylation is 1. The number of hydrogen-bond donors (Lipinski definition) is 1. The Labute approximate surface area is 142 Å². The predicted octanol–water partition coefficient (Wildman–Crippen LogP) is 3.91. The van der Waals surface area contributed by atoms with Crippen LogP contribution in [0.1, 0.15) is 28.5 Å². The highest BCUT2D eigenvalue weighted by Crippen LogP contribution is 2.29. The van der Waals surface area contributed by atoms with Gasteiger partial charge in [-0.3, -0.25) is 4.79 Å². The van der Waals surface area contributed by atoms with Crippen molar-refractivity contribution in [2.45, 2.75) is 26.9 Å². The van der Waals surface area contributed by atoms with Gasteiger partial charge in [0.1, 0.15) is 5.75 Å². The van der Waals surface area contributed by atoms with Crippen LogP contribution in [0.3, 0.4) is 0 Å². The van der Waals surface area contributed by atoms with Crippen LogP contribution in [0, 0.1) is 6.92 Å². The van der Waals surface area contributed by atoms with Gasteiger partial charge in [0.15, 0.2) is 0 Å². The highest BCUT2D eigenvalue weighted by Gasteiger charge is 2.19. The molecule has 124 valence electrons. The van der Waals surface area contributed by atoms with Crippen LogP contribution in [0.2, 0.25) is 0 Å². The molecule has 0 fully saturated rings. The summed E-state index contributed by atoms with van der Waals surface area (Å²) >= 11 is 0. The van der Waals surface area contributed by atoms with Crippen molar-refractivity contribution >= 4 is 16.8 Å². The Balaban J connectivity index is 1.97. The number of nitrogens with one attached hydrogen (secondary N) is 1. The first-order chi connectivity index (χ1) is 11.7. The molecule has 0 saturated heterocycles. The van der Waals surface area contributed by atoms with E-state index in [4.69, 9.17) is 4.74 Å². The van der Waals surface area contributed by atoms with Crippen molar-refractivity contribution in [3.63, 3.8) is 0 Å². The summed E-state index contributed by atoms with van der Waals surface area (Å²) in [7, 11) is 1.64. The van der Waals surface area contributed by atoms with Crippen molar-refractivity contribution in [3.05, 3.63) is 65.4 Å². The molecule has 1 N–H and O–H groups in total. The second-order valence-electron chi connectivity index (χ2n) is 5.76. The van der Waals surface area contributed by atoms with Gasteiger partial charge in [0.05, 0.1) is 12.7 Å². The number of benzene rings is 2. The highest BCUT2D eigenvalue weighted by atomic mass is 16.5. The zero-order valence-electron chi connectivity index (χ0n) is 14.3. The first-order valence-electron chi connectivity index (χ1n) is 8.14. The lowest BCUT2D eigenvalue weighted by Gasteiger charge is -2.07. The predicted molar refractivity (Wildman–Crippen MR) is 96.5 cm³/mol. The molecular weight excluding hydrogens is 300 g/mol. The van der Waals surface area contributed by atoms with Crippen molar-refractivity contribution in [1.82, 2.24) is 9.88 Å². The van der Waals surface area contributed by atoms with Crippen molar-refractivity contribution in [3.8, 4) is 5.75 Å². The number of carbonyl (C=O) groups is 1. The molecule has 1 heterocycles. The van der Waals surface area contributed by atoms with Gasteiger partial charge in [-0.15, -0.1) is 0 Å². The smallest absolute Gasteiger partial charge is 0.254 e. The molecule has 4 nitrogen and oxygen atoms in total. The van der Waals surface area contributed by atoms with Gasteiger partial charge < -0.3 is 14.6 Å². The fourth-order valence-corrected chi connectivity index (χ4v) is 3.15. The summed E-state index contributed by atoms with van der Waals surface area (Å²) in [4.78, 5) is 12.8. The van der Waals surface area contributed by atoms with Gasteiger partial charge in [-0.05, 0) is 37.6 Å². The van der Waals surface area contributed by atoms with Crippen molar-refractivity contribution < 1.29 is 9.53 Å². The van der Waals surface area contributed by atoms with E-state index >= 15 is 0 Å². The second kappa shape index (κ2) is 6.79. The molecule has 1 aromatic heterocycles. The minimum atomic E-state index is -0.0539. The van der Waals surface area contributed by atoms with Crippen molar-refractivity contribution in [1.29, 1.82) is 0 Å². The minimum Gasteiger partial charge on any atom is -0.497 e. The number of ether oxygens (including phenoxy) is 1. The fourth-order valence-electron chi connectivity index (χ4n) is 3.15. The summed E-state index contributed by atoms with van der Waals surface area (Å²) in [5.74, 6) is 0.703. The van der Waals surface area contributed by atoms with E-state index in [-0.39, 0.29) is 5.91 Å². The zero-order chi connectivity index (χ0) is 17.1. The third-order valence-electron chi connectivity index (χ3n) is 4.37. The lowest BCUT2D eigenvalue weighted by molar-refractivity contribution is 0.0951. The molecule has 0 aliphatic rings. The fraction of sp³-hybridized carbons (Fsp3) is 0.250. The maximum Gasteiger partial charge on any atom is 0.254 e. The summed E-state index contributed by atoms with van der Waals surface area (Å²) in [6.07, 6.45) is 0. The Morgan fingerprint density at radius 3 is 2.58 bits per heavy atom. The van der Waals surface area contributed by atoms with Gasteiger partial charge in [-0.2, -0.15) is 0 Å². The van der Waals surface area contributed by atoms with Crippen molar-refractivity contribution in [2.75, 3.05) is 7.11 Å². The summed E-state index contributed by atoms with van der Waals surface area (Å²) in [5.41, 5.74) is 3.84. The van der Waals surface area contributed by atoms with Gasteiger partial charge in [0, 0.05) is 29.7 Å². The molecule has 1 amide bonds. The molecule has 24 heavy (non-hydrogen) atoms. The van der Waals surface area contributed by atoms with Crippen LogP contribution in [-0.2, 0) is 13.1 Å². The van der Waals surface area contributed by atoms with E-state index in [0.29, 0.717) is 6.54 Å². The number of methoxy groups -OCH3 is 1. The molecule has 2 aromatic carbocycles. The quantitative estimate of drug-likeness (QED) is 0.774. The normalized spacial score (nSPS) is 10.8. The first-order valence-corrected chi connectivity index (χ1v) is 8.14. The van der Waals surface area contributed by atoms with Gasteiger partial charge in [-0.1, -0.05) is 30.3 Å². The van der Waals surface area contributed by atoms with Crippen LogP contribution in [0.25, 0.3) is 10.9 Å². The molecule has 4 heteroatoms. The molecular formula is C20H22N2O2. The number of amides is 1. The van der Waals surface area contributed by atoms with E-state index in [0.717, 1.165) is 40.0 Å². The van der Waals surface area contributed by atoms with E-state index in [9.17, 15) is 4.79 Å². The summed E-state index contributed by atoms with van der Waals surface area (Å²) in [5, 5.41) is 3.96. The number of nitrogens with zero attached hydrogens (tertiary/aromatic N) is 1. The Kier molecular flexibility index (Phi) is 4.56. The second-order valence-corrected chi connectivity index (χ2v) is 5.76. The van der Waals surface area contributed by atoms with E-state index in [2.05, 4.69) is 16.8 Å². The number of carbonyl (C=O) groups excluding carboxylic acids is 1. The molecule has 3 aromatic rings. The van der Waals surface area contributed by atoms with Crippen molar-refractivity contribution in [2.24, 2.45) is 0 Å². The Hall–Kier alpha value is -2.75. The first kappa shape index (κ1) is 16.1. The molecule has 0 aliphatic heterocycles. The van der Waals surface area contributed by atoms with Crippen LogP contribution in [0.4, 0.5) is 0 Å². The van der Waals surface area contributed by atoms with Crippen LogP contribution >= 0.6 is 0 Å². The average Bonchev–Trinajstić information content (AvgIpc) is 2.90. The Morgan fingerprint density at radius 2 is 1.92 bits per heavy atom. The largest absolute Gasteiger partial charge is 0.497 e. The van der Waals surface area contributed by atoms with Gasteiger partial charge in [0.25, 0.3) is 5.91 Å². The van der Waals surface area contributed by atoms with Crippen LogP contribution in [0.15, 0.2) is 48.5 Å². The molecule has 0 aliphatic carbocycles. The number of aromatic nitrogens is 1. The van der Waals surface area contributed by atoms with E-state index in [1.165, 1.54) is 0 Å². The molecule has 3 rings (SSSR count). The Morgan fingerprint density at radius 1 is 1.17 bits per heavy atom. The zero-order valence-corrected chi connectivity index (χ0v) is 14.3. The van der Waals surface area contributed by atoms with E-state index < -0.39 is 0 Å². The van der Waals surface area contributed by atoms with E-state index in [1.807, 2.05) is 55.5 Å².